The lowest BCUT2D eigenvalue weighted by Gasteiger charge is -2.23. The largest absolute Gasteiger partial charge is 0.345 e. The van der Waals surface area contributed by atoms with Gasteiger partial charge >= 0.3 is 0 Å². The first-order valence-electron chi connectivity index (χ1n) is 9.00. The molecular weight excluding hydrogens is 396 g/mol. The van der Waals surface area contributed by atoms with Gasteiger partial charge in [0.2, 0.25) is 5.91 Å². The van der Waals surface area contributed by atoms with Crippen LogP contribution in [0.4, 0.5) is 0 Å². The number of carbonyl (C=O) groups is 1. The Labute approximate surface area is 174 Å². The summed E-state index contributed by atoms with van der Waals surface area (Å²) in [6.07, 6.45) is 2.10. The summed E-state index contributed by atoms with van der Waals surface area (Å²) < 4.78 is 23.9. The zero-order valence-electron chi connectivity index (χ0n) is 16.7. The van der Waals surface area contributed by atoms with Crippen LogP contribution in [0.1, 0.15) is 48.1 Å². The second-order valence-corrected chi connectivity index (χ2v) is 9.24. The topological polar surface area (TPSA) is 89.3 Å². The fourth-order valence-electron chi connectivity index (χ4n) is 3.01. The number of nitrogens with one attached hydrogen (secondary N) is 1. The zero-order valence-corrected chi connectivity index (χ0v) is 18.4. The first kappa shape index (κ1) is 24.1. The van der Waals surface area contributed by atoms with Crippen molar-refractivity contribution in [1.82, 2.24) is 5.32 Å². The number of nitrogens with two attached hydrogens (primary N) is 1. The van der Waals surface area contributed by atoms with Gasteiger partial charge < -0.3 is 11.1 Å². The van der Waals surface area contributed by atoms with E-state index in [1.165, 1.54) is 6.26 Å². The standard InChI is InChI=1S/C21H28N2O3S.ClH/c1-14-8-10-19(15(2)12-14)21(23-20(24)11-9-16(3)22)17-6-5-7-18(13-17)27(4,25)26;/h5-8,10,12-13,16,21H,9,11,22H2,1-4H3,(H,23,24);1H. The van der Waals surface area contributed by atoms with E-state index in [1.807, 2.05) is 39.0 Å². The van der Waals surface area contributed by atoms with Gasteiger partial charge in [-0.15, -0.1) is 12.4 Å². The van der Waals surface area contributed by atoms with Gasteiger partial charge in [0.1, 0.15) is 0 Å². The van der Waals surface area contributed by atoms with Crippen LogP contribution in [0.3, 0.4) is 0 Å². The molecule has 0 radical (unpaired) electrons. The van der Waals surface area contributed by atoms with E-state index in [9.17, 15) is 13.2 Å². The number of aryl methyl sites for hydroxylation is 2. The first-order valence-corrected chi connectivity index (χ1v) is 10.9. The third-order valence-electron chi connectivity index (χ3n) is 4.49. The molecule has 2 unspecified atom stereocenters. The normalized spacial score (nSPS) is 13.3. The highest BCUT2D eigenvalue weighted by Gasteiger charge is 2.20. The van der Waals surface area contributed by atoms with E-state index in [0.717, 1.165) is 22.3 Å². The molecule has 2 aromatic rings. The fraction of sp³-hybridized carbons (Fsp3) is 0.381. The Bertz CT molecular complexity index is 927. The van der Waals surface area contributed by atoms with Gasteiger partial charge in [-0.2, -0.15) is 0 Å². The summed E-state index contributed by atoms with van der Waals surface area (Å²) in [4.78, 5) is 12.7. The summed E-state index contributed by atoms with van der Waals surface area (Å²) in [5.74, 6) is -0.109. The van der Waals surface area contributed by atoms with Crippen LogP contribution in [-0.2, 0) is 14.6 Å². The number of hydrogen-bond acceptors (Lipinski definition) is 4. The lowest BCUT2D eigenvalue weighted by atomic mass is 9.93. The molecule has 154 valence electrons. The van der Waals surface area contributed by atoms with Crippen LogP contribution in [0.5, 0.6) is 0 Å². The number of amides is 1. The number of sulfone groups is 1. The molecule has 2 aromatic carbocycles. The van der Waals surface area contributed by atoms with E-state index in [2.05, 4.69) is 11.4 Å². The third kappa shape index (κ3) is 6.62. The van der Waals surface area contributed by atoms with Crippen LogP contribution in [0.25, 0.3) is 0 Å². The molecule has 0 bridgehead atoms. The highest BCUT2D eigenvalue weighted by atomic mass is 35.5. The second-order valence-electron chi connectivity index (χ2n) is 7.22. The maximum atomic E-state index is 12.5. The summed E-state index contributed by atoms with van der Waals surface area (Å²) in [5.41, 5.74) is 9.60. The highest BCUT2D eigenvalue weighted by molar-refractivity contribution is 7.90. The molecule has 0 fully saturated rings. The van der Waals surface area contributed by atoms with Gasteiger partial charge in [-0.3, -0.25) is 4.79 Å². The molecule has 2 atom stereocenters. The molecule has 0 spiro atoms. The van der Waals surface area contributed by atoms with Crippen LogP contribution < -0.4 is 11.1 Å². The SMILES string of the molecule is Cc1ccc(C(NC(=O)CCC(C)N)c2cccc(S(C)(=O)=O)c2)c(C)c1.Cl. The van der Waals surface area contributed by atoms with E-state index in [-0.39, 0.29) is 29.3 Å². The fourth-order valence-corrected chi connectivity index (χ4v) is 3.68. The van der Waals surface area contributed by atoms with Gasteiger partial charge in [-0.1, -0.05) is 35.9 Å². The van der Waals surface area contributed by atoms with Gasteiger partial charge in [0, 0.05) is 18.7 Å². The minimum Gasteiger partial charge on any atom is -0.345 e. The van der Waals surface area contributed by atoms with Crippen molar-refractivity contribution in [2.75, 3.05) is 6.26 Å². The molecule has 0 heterocycles. The molecule has 0 aliphatic heterocycles. The van der Waals surface area contributed by atoms with Crippen molar-refractivity contribution in [3.05, 3.63) is 64.7 Å². The highest BCUT2D eigenvalue weighted by Crippen LogP contribution is 2.27. The Kier molecular flexibility index (Phi) is 8.67. The Morgan fingerprint density at radius 2 is 1.82 bits per heavy atom. The van der Waals surface area contributed by atoms with Gasteiger partial charge in [0.05, 0.1) is 10.9 Å². The van der Waals surface area contributed by atoms with Crippen molar-refractivity contribution in [3.63, 3.8) is 0 Å². The lowest BCUT2D eigenvalue weighted by molar-refractivity contribution is -0.121. The predicted molar refractivity (Wildman–Crippen MR) is 116 cm³/mol. The first-order chi connectivity index (χ1) is 12.6. The van der Waals surface area contributed by atoms with Crippen LogP contribution >= 0.6 is 12.4 Å². The Morgan fingerprint density at radius 1 is 1.14 bits per heavy atom. The van der Waals surface area contributed by atoms with E-state index >= 15 is 0 Å². The van der Waals surface area contributed by atoms with Crippen LogP contribution in [0.15, 0.2) is 47.4 Å². The summed E-state index contributed by atoms with van der Waals surface area (Å²) >= 11 is 0. The molecule has 0 aliphatic rings. The predicted octanol–water partition coefficient (Wildman–Crippen LogP) is 3.46. The molecule has 2 rings (SSSR count). The number of hydrogen-bond donors (Lipinski definition) is 2. The van der Waals surface area contributed by atoms with E-state index < -0.39 is 15.9 Å². The Hall–Kier alpha value is -1.89. The third-order valence-corrected chi connectivity index (χ3v) is 5.60. The smallest absolute Gasteiger partial charge is 0.220 e. The van der Waals surface area contributed by atoms with Gasteiger partial charge in [0.15, 0.2) is 9.84 Å². The molecule has 1 amide bonds. The summed E-state index contributed by atoms with van der Waals surface area (Å²) in [6, 6.07) is 12.3. The summed E-state index contributed by atoms with van der Waals surface area (Å²) in [5, 5.41) is 3.05. The molecule has 0 aliphatic carbocycles. The summed E-state index contributed by atoms with van der Waals surface area (Å²) in [6.45, 7) is 5.87. The molecule has 28 heavy (non-hydrogen) atoms. The van der Waals surface area contributed by atoms with Crippen molar-refractivity contribution in [3.8, 4) is 0 Å². The van der Waals surface area contributed by atoms with Crippen molar-refractivity contribution >= 4 is 28.2 Å². The monoisotopic (exact) mass is 424 g/mol. The second kappa shape index (κ2) is 10.0. The lowest BCUT2D eigenvalue weighted by Crippen LogP contribution is -2.31. The van der Waals surface area contributed by atoms with Gasteiger partial charge in [-0.25, -0.2) is 8.42 Å². The average molecular weight is 425 g/mol. The van der Waals surface area contributed by atoms with Crippen molar-refractivity contribution in [2.45, 2.75) is 50.6 Å². The minimum atomic E-state index is -3.34. The summed E-state index contributed by atoms with van der Waals surface area (Å²) in [7, 11) is -3.34. The number of benzene rings is 2. The maximum Gasteiger partial charge on any atom is 0.220 e. The number of carbonyl (C=O) groups excluding carboxylic acids is 1. The van der Waals surface area contributed by atoms with E-state index in [1.54, 1.807) is 18.2 Å². The van der Waals surface area contributed by atoms with Crippen LogP contribution in [-0.4, -0.2) is 26.6 Å². The Morgan fingerprint density at radius 3 is 2.39 bits per heavy atom. The molecule has 3 N–H and O–H groups in total. The van der Waals surface area contributed by atoms with Gasteiger partial charge in [0.25, 0.3) is 0 Å². The van der Waals surface area contributed by atoms with Crippen LogP contribution in [0, 0.1) is 13.8 Å². The average Bonchev–Trinajstić information content (AvgIpc) is 2.58. The molecule has 0 saturated heterocycles. The van der Waals surface area contributed by atoms with Crippen molar-refractivity contribution in [1.29, 1.82) is 0 Å². The maximum absolute atomic E-state index is 12.5. The molecule has 7 heteroatoms. The molecular formula is C21H29ClN2O3S. The molecule has 5 nitrogen and oxygen atoms in total. The zero-order chi connectivity index (χ0) is 20.2. The minimum absolute atomic E-state index is 0. The van der Waals surface area contributed by atoms with Crippen LogP contribution in [0.2, 0.25) is 0 Å². The van der Waals surface area contributed by atoms with Crippen molar-refractivity contribution < 1.29 is 13.2 Å². The van der Waals surface area contributed by atoms with E-state index in [4.69, 9.17) is 5.73 Å². The molecule has 0 aromatic heterocycles. The molecule has 0 saturated carbocycles. The number of halogens is 1. The van der Waals surface area contributed by atoms with Gasteiger partial charge in [-0.05, 0) is 56.0 Å². The number of rotatable bonds is 7. The van der Waals surface area contributed by atoms with E-state index in [0.29, 0.717) is 12.8 Å². The Balaban J connectivity index is 0.00000392. The quantitative estimate of drug-likeness (QED) is 0.712. The van der Waals surface area contributed by atoms with Crippen molar-refractivity contribution in [2.24, 2.45) is 5.73 Å².